The summed E-state index contributed by atoms with van der Waals surface area (Å²) in [7, 11) is 0. The Morgan fingerprint density at radius 1 is 1.12 bits per heavy atom. The van der Waals surface area contributed by atoms with Crippen LogP contribution in [0.4, 0.5) is 4.39 Å². The Kier molecular flexibility index (Phi) is 7.28. The van der Waals surface area contributed by atoms with E-state index in [0.717, 1.165) is 0 Å². The Bertz CT molecular complexity index is 259. The van der Waals surface area contributed by atoms with Gasteiger partial charge in [0.1, 0.15) is 19.0 Å². The highest BCUT2D eigenvalue weighted by molar-refractivity contribution is 5.15. The first-order valence-corrected chi connectivity index (χ1v) is 5.10. The largest absolute Gasteiger partial charge is 0.491 e. The molecule has 1 rings (SSSR count). The molecule has 1 aromatic heterocycles. The van der Waals surface area contributed by atoms with E-state index in [0.29, 0.717) is 32.2 Å². The highest BCUT2D eigenvalue weighted by Crippen LogP contribution is 2.05. The van der Waals surface area contributed by atoms with Crippen molar-refractivity contribution in [1.82, 2.24) is 4.98 Å². The fourth-order valence-electron chi connectivity index (χ4n) is 0.988. The Labute approximate surface area is 94.3 Å². The van der Waals surface area contributed by atoms with Crippen molar-refractivity contribution in [2.45, 2.75) is 0 Å². The second-order valence-corrected chi connectivity index (χ2v) is 2.88. The van der Waals surface area contributed by atoms with Gasteiger partial charge in [0.15, 0.2) is 0 Å². The molecule has 0 saturated heterocycles. The van der Waals surface area contributed by atoms with Gasteiger partial charge in [-0.1, -0.05) is 0 Å². The van der Waals surface area contributed by atoms with Gasteiger partial charge in [-0.05, 0) is 6.07 Å². The standard InChI is InChI=1S/C11H15FNO3/c12-3-6-14-7-8-15-9-10-16-11-1-4-13-5-2-11/h1-2,4H,3,6-10H2. The normalized spacial score (nSPS) is 10.3. The van der Waals surface area contributed by atoms with Crippen LogP contribution < -0.4 is 4.74 Å². The molecule has 89 valence electrons. The molecule has 0 aromatic carbocycles. The summed E-state index contributed by atoms with van der Waals surface area (Å²) in [5, 5.41) is 0. The third-order valence-electron chi connectivity index (χ3n) is 1.68. The van der Waals surface area contributed by atoms with Crippen LogP contribution in [0.2, 0.25) is 0 Å². The van der Waals surface area contributed by atoms with Gasteiger partial charge in [-0.3, -0.25) is 4.98 Å². The van der Waals surface area contributed by atoms with Gasteiger partial charge in [0.25, 0.3) is 0 Å². The van der Waals surface area contributed by atoms with Gasteiger partial charge in [-0.25, -0.2) is 4.39 Å². The van der Waals surface area contributed by atoms with Crippen LogP contribution in [0.15, 0.2) is 18.3 Å². The first-order chi connectivity index (χ1) is 7.93. The first kappa shape index (κ1) is 12.9. The van der Waals surface area contributed by atoms with Crippen molar-refractivity contribution < 1.29 is 18.6 Å². The number of nitrogens with zero attached hydrogens (tertiary/aromatic N) is 1. The Morgan fingerprint density at radius 2 is 1.88 bits per heavy atom. The number of alkyl halides is 1. The molecule has 0 unspecified atom stereocenters. The summed E-state index contributed by atoms with van der Waals surface area (Å²) < 4.78 is 27.1. The Hall–Kier alpha value is -1.20. The summed E-state index contributed by atoms with van der Waals surface area (Å²) in [6.07, 6.45) is 4.28. The van der Waals surface area contributed by atoms with E-state index >= 15 is 0 Å². The van der Waals surface area contributed by atoms with E-state index in [1.54, 1.807) is 18.3 Å². The van der Waals surface area contributed by atoms with Gasteiger partial charge in [0.2, 0.25) is 0 Å². The zero-order chi connectivity index (χ0) is 11.5. The van der Waals surface area contributed by atoms with Crippen LogP contribution in [-0.2, 0) is 9.47 Å². The predicted molar refractivity (Wildman–Crippen MR) is 56.2 cm³/mol. The third kappa shape index (κ3) is 6.31. The van der Waals surface area contributed by atoms with Crippen LogP contribution in [-0.4, -0.2) is 44.7 Å². The van der Waals surface area contributed by atoms with Crippen LogP contribution in [0, 0.1) is 6.20 Å². The molecule has 5 heteroatoms. The van der Waals surface area contributed by atoms with E-state index in [1.165, 1.54) is 0 Å². The average Bonchev–Trinajstić information content (AvgIpc) is 2.34. The number of hydrogen-bond donors (Lipinski definition) is 0. The highest BCUT2D eigenvalue weighted by Gasteiger charge is 1.93. The quantitative estimate of drug-likeness (QED) is 0.597. The average molecular weight is 228 g/mol. The lowest BCUT2D eigenvalue weighted by atomic mass is 10.4. The van der Waals surface area contributed by atoms with Gasteiger partial charge in [-0.2, -0.15) is 0 Å². The summed E-state index contributed by atoms with van der Waals surface area (Å²) in [4.78, 5) is 3.75. The van der Waals surface area contributed by atoms with E-state index in [1.807, 2.05) is 0 Å². The molecule has 0 bridgehead atoms. The number of halogens is 1. The van der Waals surface area contributed by atoms with Crippen LogP contribution in [0.5, 0.6) is 5.75 Å². The third-order valence-corrected chi connectivity index (χ3v) is 1.68. The second-order valence-electron chi connectivity index (χ2n) is 2.88. The molecule has 0 aliphatic rings. The minimum Gasteiger partial charge on any atom is -0.491 e. The minimum absolute atomic E-state index is 0.132. The molecule has 0 fully saturated rings. The van der Waals surface area contributed by atoms with Gasteiger partial charge < -0.3 is 14.2 Å². The predicted octanol–water partition coefficient (Wildman–Crippen LogP) is 1.26. The minimum atomic E-state index is -0.457. The topological polar surface area (TPSA) is 40.6 Å². The molecule has 0 aliphatic heterocycles. The number of rotatable bonds is 9. The molecule has 4 nitrogen and oxygen atoms in total. The summed E-state index contributed by atoms with van der Waals surface area (Å²) in [6, 6.07) is 3.41. The van der Waals surface area contributed by atoms with Crippen molar-refractivity contribution >= 4 is 0 Å². The smallest absolute Gasteiger partial charge is 0.123 e. The summed E-state index contributed by atoms with van der Waals surface area (Å²) in [5.74, 6) is 0.715. The van der Waals surface area contributed by atoms with Crippen LogP contribution in [0.1, 0.15) is 0 Å². The molecule has 0 spiro atoms. The monoisotopic (exact) mass is 228 g/mol. The van der Waals surface area contributed by atoms with E-state index in [2.05, 4.69) is 11.2 Å². The van der Waals surface area contributed by atoms with Crippen molar-refractivity contribution in [3.8, 4) is 5.75 Å². The van der Waals surface area contributed by atoms with Gasteiger partial charge in [-0.15, -0.1) is 0 Å². The number of ether oxygens (including phenoxy) is 3. The fourth-order valence-corrected chi connectivity index (χ4v) is 0.988. The van der Waals surface area contributed by atoms with Crippen molar-refractivity contribution in [2.75, 3.05) is 39.7 Å². The molecular formula is C11H15FNO3. The van der Waals surface area contributed by atoms with E-state index in [4.69, 9.17) is 14.2 Å². The molecule has 0 N–H and O–H groups in total. The molecule has 0 saturated carbocycles. The van der Waals surface area contributed by atoms with Crippen LogP contribution in [0.25, 0.3) is 0 Å². The summed E-state index contributed by atoms with van der Waals surface area (Å²) in [5.41, 5.74) is 0. The van der Waals surface area contributed by atoms with E-state index in [9.17, 15) is 4.39 Å². The highest BCUT2D eigenvalue weighted by atomic mass is 19.1. The second kappa shape index (κ2) is 9.06. The Balaban J connectivity index is 1.89. The number of pyridine rings is 1. The summed E-state index contributed by atoms with van der Waals surface area (Å²) in [6.45, 7) is 1.47. The Morgan fingerprint density at radius 3 is 2.56 bits per heavy atom. The lowest BCUT2D eigenvalue weighted by Crippen LogP contribution is -2.11. The molecule has 1 aromatic rings. The van der Waals surface area contributed by atoms with E-state index < -0.39 is 6.67 Å². The van der Waals surface area contributed by atoms with Crippen LogP contribution >= 0.6 is 0 Å². The van der Waals surface area contributed by atoms with Crippen molar-refractivity contribution in [1.29, 1.82) is 0 Å². The summed E-state index contributed by atoms with van der Waals surface area (Å²) >= 11 is 0. The maximum atomic E-state index is 11.6. The molecule has 16 heavy (non-hydrogen) atoms. The van der Waals surface area contributed by atoms with Gasteiger partial charge >= 0.3 is 0 Å². The molecule has 0 atom stereocenters. The molecule has 1 radical (unpaired) electrons. The van der Waals surface area contributed by atoms with Gasteiger partial charge in [0, 0.05) is 12.3 Å². The fraction of sp³-hybridized carbons (Fsp3) is 0.545. The molecule has 0 aliphatic carbocycles. The van der Waals surface area contributed by atoms with Crippen molar-refractivity contribution in [3.63, 3.8) is 0 Å². The number of aromatic nitrogens is 1. The molecular weight excluding hydrogens is 213 g/mol. The van der Waals surface area contributed by atoms with Gasteiger partial charge in [0.05, 0.1) is 32.6 Å². The zero-order valence-corrected chi connectivity index (χ0v) is 9.02. The zero-order valence-electron chi connectivity index (χ0n) is 9.02. The lowest BCUT2D eigenvalue weighted by Gasteiger charge is -2.06. The lowest BCUT2D eigenvalue weighted by molar-refractivity contribution is 0.0325. The number of hydrogen-bond acceptors (Lipinski definition) is 4. The van der Waals surface area contributed by atoms with E-state index in [-0.39, 0.29) is 6.61 Å². The SMILES string of the molecule is FCCOCCOCCOc1c[c]ncc1. The van der Waals surface area contributed by atoms with Crippen molar-refractivity contribution in [3.05, 3.63) is 24.5 Å². The van der Waals surface area contributed by atoms with Crippen molar-refractivity contribution in [2.24, 2.45) is 0 Å². The molecule has 1 heterocycles. The molecule has 0 amide bonds. The maximum absolute atomic E-state index is 11.6. The van der Waals surface area contributed by atoms with Crippen LogP contribution in [0.3, 0.4) is 0 Å². The maximum Gasteiger partial charge on any atom is 0.123 e. The first-order valence-electron chi connectivity index (χ1n) is 5.10.